The van der Waals surface area contributed by atoms with Crippen molar-refractivity contribution in [3.05, 3.63) is 78.1 Å². The summed E-state index contributed by atoms with van der Waals surface area (Å²) in [5.41, 5.74) is 4.99. The molecule has 1 aliphatic carbocycles. The molecule has 1 amide bonds. The third kappa shape index (κ3) is 5.40. The Kier molecular flexibility index (Phi) is 7.85. The first-order chi connectivity index (χ1) is 18.1. The number of carbonyl (C=O) groups is 1. The highest BCUT2D eigenvalue weighted by Gasteiger charge is 2.25. The molecule has 3 aromatic carbocycles. The molecule has 5 rings (SSSR count). The molecule has 0 bridgehead atoms. The maximum absolute atomic E-state index is 13.6. The topological polar surface area (TPSA) is 45.5 Å². The van der Waals surface area contributed by atoms with Crippen LogP contribution in [0.1, 0.15) is 48.9 Å². The lowest BCUT2D eigenvalue weighted by atomic mass is 9.87. The molecule has 0 spiro atoms. The number of carbonyl (C=O) groups excluding carboxylic acids is 1. The highest BCUT2D eigenvalue weighted by molar-refractivity contribution is 8.00. The third-order valence-corrected chi connectivity index (χ3v) is 8.23. The van der Waals surface area contributed by atoms with Crippen LogP contribution >= 0.6 is 11.9 Å². The lowest BCUT2D eigenvalue weighted by Crippen LogP contribution is -2.20. The maximum Gasteiger partial charge on any atom is 0.255 e. The second-order valence-corrected chi connectivity index (χ2v) is 10.5. The zero-order chi connectivity index (χ0) is 25.8. The van der Waals surface area contributed by atoms with Gasteiger partial charge >= 0.3 is 0 Å². The molecule has 1 heterocycles. The predicted molar refractivity (Wildman–Crippen MR) is 152 cm³/mol. The Balaban J connectivity index is 1.65. The molecule has 0 saturated heterocycles. The molecule has 0 atom stereocenters. The third-order valence-electron chi connectivity index (χ3n) is 7.41. The summed E-state index contributed by atoms with van der Waals surface area (Å²) in [6, 6.07) is 20.5. The number of rotatable bonds is 8. The van der Waals surface area contributed by atoms with Gasteiger partial charge < -0.3 is 14.0 Å². The number of halogens is 1. The quantitative estimate of drug-likeness (QED) is 0.239. The van der Waals surface area contributed by atoms with E-state index in [9.17, 15) is 9.18 Å². The Bertz CT molecular complexity index is 1360. The van der Waals surface area contributed by atoms with Crippen molar-refractivity contribution in [1.29, 1.82) is 0 Å². The Morgan fingerprint density at radius 3 is 2.43 bits per heavy atom. The van der Waals surface area contributed by atoms with Crippen LogP contribution in [-0.2, 0) is 0 Å². The number of benzene rings is 3. The lowest BCUT2D eigenvalue weighted by Gasteiger charge is -2.28. The van der Waals surface area contributed by atoms with E-state index in [0.29, 0.717) is 22.5 Å². The van der Waals surface area contributed by atoms with Crippen LogP contribution in [0, 0.1) is 11.7 Å². The monoisotopic (exact) mass is 516 g/mol. The van der Waals surface area contributed by atoms with E-state index in [4.69, 9.17) is 4.42 Å². The van der Waals surface area contributed by atoms with Crippen LogP contribution in [0.3, 0.4) is 0 Å². The molecule has 0 unspecified atom stereocenters. The van der Waals surface area contributed by atoms with Gasteiger partial charge in [-0.2, -0.15) is 0 Å². The van der Waals surface area contributed by atoms with Gasteiger partial charge in [-0.15, -0.1) is 0 Å². The van der Waals surface area contributed by atoms with Crippen molar-refractivity contribution in [2.45, 2.75) is 38.5 Å². The second-order valence-electron chi connectivity index (χ2n) is 9.70. The molecule has 4 nitrogen and oxygen atoms in total. The number of nitrogens with one attached hydrogen (secondary N) is 1. The van der Waals surface area contributed by atoms with E-state index in [1.165, 1.54) is 44.2 Å². The van der Waals surface area contributed by atoms with Crippen LogP contribution < -0.4 is 9.62 Å². The Morgan fingerprint density at radius 2 is 1.76 bits per heavy atom. The molecule has 1 fully saturated rings. The molecule has 1 aromatic heterocycles. The predicted octanol–water partition coefficient (Wildman–Crippen LogP) is 8.32. The second kappa shape index (κ2) is 11.4. The number of hydrogen-bond donors (Lipinski definition) is 1. The number of fused-ring (bicyclic) bond motifs is 1. The molecule has 0 radical (unpaired) electrons. The summed E-state index contributed by atoms with van der Waals surface area (Å²) in [7, 11) is 1.61. The van der Waals surface area contributed by atoms with Gasteiger partial charge in [-0.3, -0.25) is 4.79 Å². The van der Waals surface area contributed by atoms with Gasteiger partial charge in [0.05, 0.1) is 11.3 Å². The van der Waals surface area contributed by atoms with Gasteiger partial charge in [-0.05, 0) is 48.2 Å². The summed E-state index contributed by atoms with van der Waals surface area (Å²) in [6.07, 6.45) is 9.96. The van der Waals surface area contributed by atoms with Gasteiger partial charge in [-0.1, -0.05) is 74.4 Å². The minimum Gasteiger partial charge on any atom is -0.455 e. The molecule has 0 aliphatic heterocycles. The molecule has 1 N–H and O–H groups in total. The van der Waals surface area contributed by atoms with E-state index < -0.39 is 0 Å². The van der Waals surface area contributed by atoms with Crippen molar-refractivity contribution >= 4 is 34.5 Å². The SMILES string of the molecule is CNC(=O)c1c(-c2ccc(F)cc2)oc2cc(N(CCC3CCCCC3)SC)c(-c3ccccc3)cc12. The molecule has 192 valence electrons. The first-order valence-corrected chi connectivity index (χ1v) is 14.2. The van der Waals surface area contributed by atoms with Crippen molar-refractivity contribution < 1.29 is 13.6 Å². The van der Waals surface area contributed by atoms with Crippen molar-refractivity contribution in [2.75, 3.05) is 24.2 Å². The summed E-state index contributed by atoms with van der Waals surface area (Å²) >= 11 is 1.72. The van der Waals surface area contributed by atoms with E-state index in [2.05, 4.69) is 40.1 Å². The molecule has 1 saturated carbocycles. The smallest absolute Gasteiger partial charge is 0.255 e. The highest BCUT2D eigenvalue weighted by atomic mass is 32.2. The highest BCUT2D eigenvalue weighted by Crippen LogP contribution is 2.42. The Morgan fingerprint density at radius 1 is 1.03 bits per heavy atom. The fourth-order valence-electron chi connectivity index (χ4n) is 5.43. The van der Waals surface area contributed by atoms with E-state index in [1.54, 1.807) is 31.1 Å². The zero-order valence-electron chi connectivity index (χ0n) is 21.4. The fraction of sp³-hybridized carbons (Fsp3) is 0.323. The average molecular weight is 517 g/mol. The van der Waals surface area contributed by atoms with Gasteiger partial charge in [0.2, 0.25) is 0 Å². The van der Waals surface area contributed by atoms with Crippen LogP contribution in [-0.4, -0.2) is 25.8 Å². The Hall–Kier alpha value is -3.25. The average Bonchev–Trinajstić information content (AvgIpc) is 3.32. The van der Waals surface area contributed by atoms with Crippen LogP contribution in [0.15, 0.2) is 71.1 Å². The number of anilines is 1. The summed E-state index contributed by atoms with van der Waals surface area (Å²) in [6.45, 7) is 0.949. The summed E-state index contributed by atoms with van der Waals surface area (Å²) in [5, 5.41) is 3.50. The van der Waals surface area contributed by atoms with Crippen LogP contribution in [0.4, 0.5) is 10.1 Å². The van der Waals surface area contributed by atoms with E-state index >= 15 is 0 Å². The number of hydrogen-bond acceptors (Lipinski definition) is 4. The minimum absolute atomic E-state index is 0.233. The summed E-state index contributed by atoms with van der Waals surface area (Å²) in [4.78, 5) is 13.1. The molecule has 1 aliphatic rings. The molecule has 4 aromatic rings. The standard InChI is InChI=1S/C31H33FN2O2S/c1-33-31(35)29-26-19-25(22-11-7-4-8-12-22)27(34(37-2)18-17-21-9-5-3-6-10-21)20-28(26)36-30(29)23-13-15-24(32)16-14-23/h4,7-8,11-16,19-21H,3,5-6,9-10,17-18H2,1-2H3,(H,33,35). The van der Waals surface area contributed by atoms with E-state index in [-0.39, 0.29) is 11.7 Å². The summed E-state index contributed by atoms with van der Waals surface area (Å²) in [5.74, 6) is 0.664. The first-order valence-electron chi connectivity index (χ1n) is 13.0. The maximum atomic E-state index is 13.6. The van der Waals surface area contributed by atoms with Crippen LogP contribution in [0.2, 0.25) is 0 Å². The van der Waals surface area contributed by atoms with Gasteiger partial charge in [0, 0.05) is 42.4 Å². The molecule has 6 heteroatoms. The normalized spacial score (nSPS) is 14.1. The van der Waals surface area contributed by atoms with Crippen molar-refractivity contribution in [3.8, 4) is 22.5 Å². The van der Waals surface area contributed by atoms with Gasteiger partial charge in [0.15, 0.2) is 0 Å². The minimum atomic E-state index is -0.330. The van der Waals surface area contributed by atoms with E-state index in [0.717, 1.165) is 41.1 Å². The molecular formula is C31H33FN2O2S. The van der Waals surface area contributed by atoms with Gasteiger partial charge in [0.25, 0.3) is 5.91 Å². The van der Waals surface area contributed by atoms with E-state index in [1.807, 2.05) is 18.2 Å². The van der Waals surface area contributed by atoms with Crippen molar-refractivity contribution in [1.82, 2.24) is 5.32 Å². The lowest BCUT2D eigenvalue weighted by molar-refractivity contribution is 0.0964. The number of amides is 1. The van der Waals surface area contributed by atoms with Crippen molar-refractivity contribution in [2.24, 2.45) is 5.92 Å². The number of nitrogens with zero attached hydrogens (tertiary/aromatic N) is 1. The Labute approximate surface area is 222 Å². The largest absolute Gasteiger partial charge is 0.455 e. The van der Waals surface area contributed by atoms with Gasteiger partial charge in [-0.25, -0.2) is 4.39 Å². The molecule has 37 heavy (non-hydrogen) atoms. The van der Waals surface area contributed by atoms with Crippen molar-refractivity contribution in [3.63, 3.8) is 0 Å². The fourth-order valence-corrected chi connectivity index (χ4v) is 6.06. The van der Waals surface area contributed by atoms with Crippen LogP contribution in [0.5, 0.6) is 0 Å². The van der Waals surface area contributed by atoms with Crippen LogP contribution in [0.25, 0.3) is 33.4 Å². The zero-order valence-corrected chi connectivity index (χ0v) is 22.2. The summed E-state index contributed by atoms with van der Waals surface area (Å²) < 4.78 is 22.3. The van der Waals surface area contributed by atoms with Gasteiger partial charge in [0.1, 0.15) is 17.2 Å². The number of furan rings is 1. The molecular weight excluding hydrogens is 483 g/mol. The first kappa shape index (κ1) is 25.4.